The van der Waals surface area contributed by atoms with Crippen LogP contribution in [-0.2, 0) is 0 Å². The summed E-state index contributed by atoms with van der Waals surface area (Å²) in [7, 11) is 1.59. The Balaban J connectivity index is 2.20. The highest BCUT2D eigenvalue weighted by atomic mass is 16.5. The number of hydrogen-bond acceptors (Lipinski definition) is 3. The van der Waals surface area contributed by atoms with E-state index in [-0.39, 0.29) is 5.69 Å². The van der Waals surface area contributed by atoms with Crippen LogP contribution in [0.4, 0.5) is 0 Å². The molecule has 1 N–H and O–H groups in total. The van der Waals surface area contributed by atoms with E-state index in [9.17, 15) is 9.90 Å². The highest BCUT2D eigenvalue weighted by Gasteiger charge is 2.16. The molecule has 0 aliphatic heterocycles. The van der Waals surface area contributed by atoms with Crippen LogP contribution in [0.2, 0.25) is 0 Å². The zero-order valence-electron chi connectivity index (χ0n) is 12.9. The Kier molecular flexibility index (Phi) is 3.85. The Hall–Kier alpha value is -3.08. The van der Waals surface area contributed by atoms with E-state index in [1.807, 2.05) is 55.5 Å². The lowest BCUT2D eigenvalue weighted by molar-refractivity contribution is 0.0691. The Bertz CT molecular complexity index is 868. The second-order valence-electron chi connectivity index (χ2n) is 5.20. The number of rotatable bonds is 4. The van der Waals surface area contributed by atoms with Crippen LogP contribution in [0.1, 0.15) is 16.1 Å². The van der Waals surface area contributed by atoms with Crippen molar-refractivity contribution in [2.45, 2.75) is 6.92 Å². The van der Waals surface area contributed by atoms with Gasteiger partial charge in [0.1, 0.15) is 11.6 Å². The van der Waals surface area contributed by atoms with Crippen LogP contribution in [-0.4, -0.2) is 27.7 Å². The van der Waals surface area contributed by atoms with Crippen LogP contribution < -0.4 is 4.74 Å². The van der Waals surface area contributed by atoms with Crippen LogP contribution in [0.3, 0.4) is 0 Å². The lowest BCUT2D eigenvalue weighted by atomic mass is 10.2. The molecule has 23 heavy (non-hydrogen) atoms. The first-order valence-corrected chi connectivity index (χ1v) is 7.12. The fraction of sp³-hybridized carbons (Fsp3) is 0.111. The van der Waals surface area contributed by atoms with E-state index in [1.165, 1.54) is 6.20 Å². The fourth-order valence-electron chi connectivity index (χ4n) is 2.42. The highest BCUT2D eigenvalue weighted by molar-refractivity contribution is 5.86. The number of hydrogen-bond donors (Lipinski definition) is 1. The Morgan fingerprint density at radius 1 is 1.17 bits per heavy atom. The van der Waals surface area contributed by atoms with E-state index in [1.54, 1.807) is 11.7 Å². The Morgan fingerprint density at radius 3 is 2.65 bits per heavy atom. The first-order chi connectivity index (χ1) is 11.1. The molecule has 0 bridgehead atoms. The van der Waals surface area contributed by atoms with Crippen molar-refractivity contribution in [3.05, 3.63) is 66.0 Å². The molecule has 0 saturated heterocycles. The van der Waals surface area contributed by atoms with E-state index < -0.39 is 5.97 Å². The number of aromatic carboxylic acids is 1. The number of aromatic nitrogens is 2. The molecule has 0 aliphatic rings. The number of aryl methyl sites for hydroxylation is 1. The fourth-order valence-corrected chi connectivity index (χ4v) is 2.42. The van der Waals surface area contributed by atoms with Gasteiger partial charge in [0.25, 0.3) is 0 Å². The van der Waals surface area contributed by atoms with Crippen molar-refractivity contribution >= 4 is 5.97 Å². The third kappa shape index (κ3) is 2.94. The molecule has 0 atom stereocenters. The molecule has 0 fully saturated rings. The number of carboxylic acids is 1. The summed E-state index contributed by atoms with van der Waals surface area (Å²) >= 11 is 0. The van der Waals surface area contributed by atoms with Crippen LogP contribution in [0.5, 0.6) is 5.75 Å². The lowest BCUT2D eigenvalue weighted by Crippen LogP contribution is -1.97. The zero-order chi connectivity index (χ0) is 16.4. The summed E-state index contributed by atoms with van der Waals surface area (Å²) in [6, 6.07) is 15.2. The summed E-state index contributed by atoms with van der Waals surface area (Å²) < 4.78 is 7.02. The van der Waals surface area contributed by atoms with Crippen LogP contribution in [0.25, 0.3) is 17.1 Å². The zero-order valence-corrected chi connectivity index (χ0v) is 12.9. The molecule has 5 heteroatoms. The van der Waals surface area contributed by atoms with Gasteiger partial charge >= 0.3 is 5.97 Å². The van der Waals surface area contributed by atoms with Crippen molar-refractivity contribution in [2.24, 2.45) is 0 Å². The lowest BCUT2D eigenvalue weighted by Gasteiger charge is -2.09. The largest absolute Gasteiger partial charge is 0.497 e. The van der Waals surface area contributed by atoms with E-state index in [4.69, 9.17) is 4.74 Å². The summed E-state index contributed by atoms with van der Waals surface area (Å²) in [5.74, 6) is 0.200. The van der Waals surface area contributed by atoms with Crippen molar-refractivity contribution in [3.63, 3.8) is 0 Å². The SMILES string of the molecule is COc1cccc(-c2nc(C(=O)O)cn2-c2cccc(C)c2)c1. The number of nitrogens with zero attached hydrogens (tertiary/aromatic N) is 2. The molecule has 0 aliphatic carbocycles. The molecule has 1 aromatic heterocycles. The molecule has 0 radical (unpaired) electrons. The Morgan fingerprint density at radius 2 is 1.96 bits per heavy atom. The molecule has 116 valence electrons. The molecule has 2 aromatic carbocycles. The smallest absolute Gasteiger partial charge is 0.356 e. The molecule has 0 unspecified atom stereocenters. The van der Waals surface area contributed by atoms with Crippen LogP contribution in [0, 0.1) is 6.92 Å². The second-order valence-corrected chi connectivity index (χ2v) is 5.20. The average molecular weight is 308 g/mol. The standard InChI is InChI=1S/C18H16N2O3/c1-12-5-3-7-14(9-12)20-11-16(18(21)22)19-17(20)13-6-4-8-15(10-13)23-2/h3-11H,1-2H3,(H,21,22). The highest BCUT2D eigenvalue weighted by Crippen LogP contribution is 2.26. The average Bonchev–Trinajstić information content (AvgIpc) is 3.00. The van der Waals surface area contributed by atoms with Crippen molar-refractivity contribution in [1.82, 2.24) is 9.55 Å². The minimum Gasteiger partial charge on any atom is -0.497 e. The summed E-state index contributed by atoms with van der Waals surface area (Å²) in [6.07, 6.45) is 1.53. The number of carboxylic acid groups (broad SMARTS) is 1. The molecule has 3 aromatic rings. The molecule has 5 nitrogen and oxygen atoms in total. The van der Waals surface area contributed by atoms with Gasteiger partial charge in [0.15, 0.2) is 5.69 Å². The maximum absolute atomic E-state index is 11.3. The summed E-state index contributed by atoms with van der Waals surface area (Å²) in [4.78, 5) is 15.6. The monoisotopic (exact) mass is 308 g/mol. The maximum Gasteiger partial charge on any atom is 0.356 e. The molecular formula is C18H16N2O3. The van der Waals surface area contributed by atoms with E-state index in [0.29, 0.717) is 11.6 Å². The first-order valence-electron chi connectivity index (χ1n) is 7.12. The van der Waals surface area contributed by atoms with Gasteiger partial charge in [-0.3, -0.25) is 4.57 Å². The summed E-state index contributed by atoms with van der Waals surface area (Å²) in [6.45, 7) is 1.99. The van der Waals surface area contributed by atoms with Crippen LogP contribution in [0.15, 0.2) is 54.7 Å². The molecule has 3 rings (SSSR count). The van der Waals surface area contributed by atoms with Crippen molar-refractivity contribution in [2.75, 3.05) is 7.11 Å². The van der Waals surface area contributed by atoms with E-state index in [0.717, 1.165) is 16.8 Å². The normalized spacial score (nSPS) is 10.5. The van der Waals surface area contributed by atoms with E-state index >= 15 is 0 Å². The van der Waals surface area contributed by atoms with Gasteiger partial charge in [-0.1, -0.05) is 24.3 Å². The minimum absolute atomic E-state index is 0.00401. The number of carbonyl (C=O) groups is 1. The summed E-state index contributed by atoms with van der Waals surface area (Å²) in [5, 5.41) is 9.27. The Labute approximate surface area is 133 Å². The molecule has 1 heterocycles. The molecule has 0 saturated carbocycles. The van der Waals surface area contributed by atoms with E-state index in [2.05, 4.69) is 4.98 Å². The van der Waals surface area contributed by atoms with Gasteiger partial charge < -0.3 is 9.84 Å². The number of benzene rings is 2. The van der Waals surface area contributed by atoms with Crippen molar-refractivity contribution < 1.29 is 14.6 Å². The number of methoxy groups -OCH3 is 1. The number of imidazole rings is 1. The first kappa shape index (κ1) is 14.8. The third-order valence-corrected chi connectivity index (χ3v) is 3.53. The van der Waals surface area contributed by atoms with Gasteiger partial charge in [-0.2, -0.15) is 0 Å². The topological polar surface area (TPSA) is 64.3 Å². The summed E-state index contributed by atoms with van der Waals surface area (Å²) in [5.41, 5.74) is 2.75. The maximum atomic E-state index is 11.3. The van der Waals surface area contributed by atoms with Gasteiger partial charge in [-0.25, -0.2) is 9.78 Å². The quantitative estimate of drug-likeness (QED) is 0.800. The molecule has 0 spiro atoms. The van der Waals surface area contributed by atoms with Gasteiger partial charge in [-0.15, -0.1) is 0 Å². The minimum atomic E-state index is -1.06. The third-order valence-electron chi connectivity index (χ3n) is 3.53. The van der Waals surface area contributed by atoms with Crippen molar-refractivity contribution in [1.29, 1.82) is 0 Å². The predicted molar refractivity (Wildman–Crippen MR) is 87.2 cm³/mol. The van der Waals surface area contributed by atoms with Gasteiger partial charge in [-0.05, 0) is 36.8 Å². The van der Waals surface area contributed by atoms with Crippen LogP contribution >= 0.6 is 0 Å². The predicted octanol–water partition coefficient (Wildman–Crippen LogP) is 3.55. The van der Waals surface area contributed by atoms with Gasteiger partial charge in [0.2, 0.25) is 0 Å². The van der Waals surface area contributed by atoms with Gasteiger partial charge in [0.05, 0.1) is 7.11 Å². The molecular weight excluding hydrogens is 292 g/mol. The van der Waals surface area contributed by atoms with Gasteiger partial charge in [0, 0.05) is 17.4 Å². The molecule has 0 amide bonds. The second kappa shape index (κ2) is 5.96. The number of ether oxygens (including phenoxy) is 1. The van der Waals surface area contributed by atoms with Crippen molar-refractivity contribution in [3.8, 4) is 22.8 Å².